The van der Waals surface area contributed by atoms with Crippen LogP contribution in [0.1, 0.15) is 0 Å². The van der Waals surface area contributed by atoms with E-state index in [4.69, 9.17) is 15.0 Å². The maximum Gasteiger partial charge on any atom is 0.164 e. The Morgan fingerprint density at radius 1 is 0.298 bits per heavy atom. The van der Waals surface area contributed by atoms with E-state index < -0.39 is 0 Å². The van der Waals surface area contributed by atoms with Gasteiger partial charge >= 0.3 is 0 Å². The SMILES string of the molecule is c1ccc(-c2nc(-c3ccc4c(c3)sc3ccc(-c5ccc6c(c5)c5ccccc5n6-c5ccccc5)cc34)nc(-c3ccc4sc5ccccc5c4c3)n2)cc1. The van der Waals surface area contributed by atoms with Crippen LogP contribution in [0.2, 0.25) is 0 Å². The Hall–Kier alpha value is -6.99. The van der Waals surface area contributed by atoms with Crippen molar-refractivity contribution in [3.63, 3.8) is 0 Å². The quantitative estimate of drug-likeness (QED) is 0.175. The van der Waals surface area contributed by atoms with Gasteiger partial charge in [0.1, 0.15) is 0 Å². The molecule has 0 aliphatic carbocycles. The molecule has 0 spiro atoms. The predicted octanol–water partition coefficient (Wildman–Crippen LogP) is 14.4. The summed E-state index contributed by atoms with van der Waals surface area (Å²) in [7, 11) is 0. The van der Waals surface area contributed by atoms with Gasteiger partial charge in [-0.25, -0.2) is 15.0 Å². The number of hydrogen-bond donors (Lipinski definition) is 0. The number of fused-ring (bicyclic) bond motifs is 9. The zero-order chi connectivity index (χ0) is 37.5. The van der Waals surface area contributed by atoms with Gasteiger partial charge < -0.3 is 4.57 Å². The Morgan fingerprint density at radius 3 is 1.56 bits per heavy atom. The fraction of sp³-hybridized carbons (Fsp3) is 0. The zero-order valence-electron chi connectivity index (χ0n) is 30.4. The van der Waals surface area contributed by atoms with Crippen LogP contribution in [-0.2, 0) is 0 Å². The maximum atomic E-state index is 5.14. The Morgan fingerprint density at radius 2 is 0.789 bits per heavy atom. The van der Waals surface area contributed by atoms with Crippen LogP contribution in [0.3, 0.4) is 0 Å². The number of hydrogen-bond acceptors (Lipinski definition) is 5. The molecular formula is C51H30N4S2. The Kier molecular flexibility index (Phi) is 7.24. The van der Waals surface area contributed by atoms with E-state index in [2.05, 4.69) is 168 Å². The predicted molar refractivity (Wildman–Crippen MR) is 242 cm³/mol. The molecule has 0 bridgehead atoms. The molecule has 0 N–H and O–H groups in total. The molecule has 4 nitrogen and oxygen atoms in total. The first-order valence-corrected chi connectivity index (χ1v) is 20.6. The van der Waals surface area contributed by atoms with Crippen LogP contribution in [0.25, 0.3) is 113 Å². The van der Waals surface area contributed by atoms with Gasteiger partial charge in [0.25, 0.3) is 0 Å². The van der Waals surface area contributed by atoms with E-state index in [-0.39, 0.29) is 0 Å². The van der Waals surface area contributed by atoms with Gasteiger partial charge in [-0.15, -0.1) is 22.7 Å². The third-order valence-corrected chi connectivity index (χ3v) is 13.3. The van der Waals surface area contributed by atoms with Crippen LogP contribution in [-0.4, -0.2) is 19.5 Å². The van der Waals surface area contributed by atoms with Gasteiger partial charge in [0.15, 0.2) is 17.5 Å². The van der Waals surface area contributed by atoms with Gasteiger partial charge in [-0.1, -0.05) is 109 Å². The average Bonchev–Trinajstić information content (AvgIpc) is 3.95. The Labute approximate surface area is 335 Å². The molecule has 12 rings (SSSR count). The highest BCUT2D eigenvalue weighted by Gasteiger charge is 2.17. The van der Waals surface area contributed by atoms with Crippen molar-refractivity contribution in [2.45, 2.75) is 0 Å². The summed E-state index contributed by atoms with van der Waals surface area (Å²) >= 11 is 3.63. The molecule has 0 saturated carbocycles. The number of thiophene rings is 2. The summed E-state index contributed by atoms with van der Waals surface area (Å²) in [6.07, 6.45) is 0. The van der Waals surface area contributed by atoms with Gasteiger partial charge in [0, 0.05) is 73.5 Å². The average molecular weight is 763 g/mol. The molecule has 4 aromatic heterocycles. The van der Waals surface area contributed by atoms with Crippen LogP contribution in [0.5, 0.6) is 0 Å². The fourth-order valence-electron chi connectivity index (χ4n) is 8.32. The first-order chi connectivity index (χ1) is 28.2. The van der Waals surface area contributed by atoms with Crippen molar-refractivity contribution in [2.75, 3.05) is 0 Å². The van der Waals surface area contributed by atoms with Crippen LogP contribution in [0.4, 0.5) is 0 Å². The van der Waals surface area contributed by atoms with E-state index in [0.29, 0.717) is 17.5 Å². The summed E-state index contributed by atoms with van der Waals surface area (Å²) < 4.78 is 7.36. The number of benzene rings is 8. The molecule has 4 heterocycles. The first kappa shape index (κ1) is 32.3. The monoisotopic (exact) mass is 762 g/mol. The van der Waals surface area contributed by atoms with E-state index in [9.17, 15) is 0 Å². The van der Waals surface area contributed by atoms with Crippen molar-refractivity contribution < 1.29 is 0 Å². The van der Waals surface area contributed by atoms with Crippen molar-refractivity contribution in [3.05, 3.63) is 182 Å². The second-order valence-corrected chi connectivity index (χ2v) is 16.6. The lowest BCUT2D eigenvalue weighted by Gasteiger charge is -2.09. The number of rotatable bonds is 5. The molecule has 0 aliphatic heterocycles. The van der Waals surface area contributed by atoms with E-state index in [0.717, 1.165) is 16.7 Å². The fourth-order valence-corrected chi connectivity index (χ4v) is 10.5. The summed E-state index contributed by atoms with van der Waals surface area (Å²) in [6.45, 7) is 0. The molecule has 8 aromatic carbocycles. The van der Waals surface area contributed by atoms with E-state index in [1.165, 1.54) is 79.0 Å². The molecule has 0 amide bonds. The van der Waals surface area contributed by atoms with E-state index >= 15 is 0 Å². The van der Waals surface area contributed by atoms with Gasteiger partial charge in [0.2, 0.25) is 0 Å². The van der Waals surface area contributed by atoms with Crippen molar-refractivity contribution in [3.8, 4) is 51.0 Å². The molecule has 0 unspecified atom stereocenters. The minimum absolute atomic E-state index is 0.663. The third-order valence-electron chi connectivity index (χ3n) is 11.1. The highest BCUT2D eigenvalue weighted by atomic mass is 32.1. The van der Waals surface area contributed by atoms with Crippen molar-refractivity contribution >= 4 is 84.8 Å². The van der Waals surface area contributed by atoms with Crippen LogP contribution < -0.4 is 0 Å². The minimum Gasteiger partial charge on any atom is -0.309 e. The summed E-state index contributed by atoms with van der Waals surface area (Å²) in [5.74, 6) is 1.99. The molecule has 57 heavy (non-hydrogen) atoms. The second-order valence-electron chi connectivity index (χ2n) is 14.4. The zero-order valence-corrected chi connectivity index (χ0v) is 32.1. The Balaban J connectivity index is 0.963. The molecule has 0 aliphatic rings. The van der Waals surface area contributed by atoms with E-state index in [1.54, 1.807) is 0 Å². The molecule has 266 valence electrons. The molecule has 6 heteroatoms. The molecule has 12 aromatic rings. The topological polar surface area (TPSA) is 43.6 Å². The normalized spacial score (nSPS) is 11.9. The van der Waals surface area contributed by atoms with Crippen LogP contribution in [0.15, 0.2) is 182 Å². The molecule has 0 fully saturated rings. The van der Waals surface area contributed by atoms with Gasteiger partial charge in [-0.3, -0.25) is 0 Å². The largest absolute Gasteiger partial charge is 0.309 e. The number of aromatic nitrogens is 4. The smallest absolute Gasteiger partial charge is 0.164 e. The van der Waals surface area contributed by atoms with Crippen molar-refractivity contribution in [1.29, 1.82) is 0 Å². The standard InChI is InChI=1S/C51H30N4S2/c1-3-11-31(12-4-1)49-52-50(34-22-26-46-42(29-34)38-16-8-10-18-45(38)56-46)54-51(53-49)35-19-23-39-41-28-33(21-25-47(41)57-48(39)30-35)32-20-24-44-40(27-32)37-15-7-9-17-43(37)55(44)36-13-5-2-6-14-36/h1-30H. The maximum absolute atomic E-state index is 5.14. The summed E-state index contributed by atoms with van der Waals surface area (Å²) in [4.78, 5) is 15.2. The van der Waals surface area contributed by atoms with E-state index in [1.807, 2.05) is 40.9 Å². The van der Waals surface area contributed by atoms with Crippen molar-refractivity contribution in [2.24, 2.45) is 0 Å². The lowest BCUT2D eigenvalue weighted by molar-refractivity contribution is 1.08. The highest BCUT2D eigenvalue weighted by Crippen LogP contribution is 2.41. The number of nitrogens with zero attached hydrogens (tertiary/aromatic N) is 4. The third kappa shape index (κ3) is 5.30. The molecular weight excluding hydrogens is 733 g/mol. The second kappa shape index (κ2) is 12.8. The van der Waals surface area contributed by atoms with Gasteiger partial charge in [-0.05, 0) is 83.9 Å². The van der Waals surface area contributed by atoms with Crippen LogP contribution in [0, 0.1) is 0 Å². The minimum atomic E-state index is 0.663. The van der Waals surface area contributed by atoms with Gasteiger partial charge in [0.05, 0.1) is 11.0 Å². The number of para-hydroxylation sites is 2. The lowest BCUT2D eigenvalue weighted by atomic mass is 10.0. The summed E-state index contributed by atoms with van der Waals surface area (Å²) in [6, 6.07) is 65.1. The van der Waals surface area contributed by atoms with Crippen LogP contribution >= 0.6 is 22.7 Å². The first-order valence-electron chi connectivity index (χ1n) is 19.0. The lowest BCUT2D eigenvalue weighted by Crippen LogP contribution is -2.00. The Bertz CT molecular complexity index is 3530. The molecule has 0 atom stereocenters. The molecule has 0 saturated heterocycles. The highest BCUT2D eigenvalue weighted by molar-refractivity contribution is 7.26. The van der Waals surface area contributed by atoms with Gasteiger partial charge in [-0.2, -0.15) is 0 Å². The summed E-state index contributed by atoms with van der Waals surface area (Å²) in [5.41, 5.74) is 8.90. The molecule has 0 radical (unpaired) electrons. The summed E-state index contributed by atoms with van der Waals surface area (Å²) in [5, 5.41) is 7.47. The van der Waals surface area contributed by atoms with Crippen molar-refractivity contribution in [1.82, 2.24) is 19.5 Å².